The minimum absolute atomic E-state index is 0.455. The predicted molar refractivity (Wildman–Crippen MR) is 59.4 cm³/mol. The lowest BCUT2D eigenvalue weighted by atomic mass is 10.0. The Kier molecular flexibility index (Phi) is 4.68. The first-order valence-corrected chi connectivity index (χ1v) is 5.52. The van der Waals surface area contributed by atoms with Gasteiger partial charge in [-0.25, -0.2) is 0 Å². The number of tetrazole rings is 1. The molecule has 0 aliphatic heterocycles. The molecule has 1 unspecified atom stereocenters. The van der Waals surface area contributed by atoms with Crippen molar-refractivity contribution in [2.45, 2.75) is 39.2 Å². The molecular weight excluding hydrogens is 190 g/mol. The summed E-state index contributed by atoms with van der Waals surface area (Å²) in [7, 11) is 3.78. The van der Waals surface area contributed by atoms with Gasteiger partial charge in [-0.2, -0.15) is 4.80 Å². The fourth-order valence-corrected chi connectivity index (χ4v) is 1.51. The lowest BCUT2D eigenvalue weighted by molar-refractivity contribution is 0.444. The van der Waals surface area contributed by atoms with E-state index >= 15 is 0 Å². The van der Waals surface area contributed by atoms with Crippen LogP contribution in [0.2, 0.25) is 0 Å². The molecule has 1 aromatic heterocycles. The van der Waals surface area contributed by atoms with Crippen LogP contribution in [0.5, 0.6) is 0 Å². The Morgan fingerprint density at radius 3 is 2.53 bits per heavy atom. The Labute approximate surface area is 91.2 Å². The number of nitrogens with one attached hydrogen (secondary N) is 1. The van der Waals surface area contributed by atoms with Gasteiger partial charge in [0.2, 0.25) is 0 Å². The van der Waals surface area contributed by atoms with Crippen LogP contribution in [0.3, 0.4) is 0 Å². The molecular formula is C10H21N5. The predicted octanol–water partition coefficient (Wildman–Crippen LogP) is 0.777. The van der Waals surface area contributed by atoms with Gasteiger partial charge >= 0.3 is 0 Å². The first-order valence-electron chi connectivity index (χ1n) is 5.52. The summed E-state index contributed by atoms with van der Waals surface area (Å²) in [6.07, 6.45) is 3.25. The molecule has 86 valence electrons. The van der Waals surface area contributed by atoms with Crippen molar-refractivity contribution >= 4 is 0 Å². The van der Waals surface area contributed by atoms with E-state index < -0.39 is 0 Å². The molecule has 1 aromatic rings. The third-order valence-electron chi connectivity index (χ3n) is 2.48. The van der Waals surface area contributed by atoms with Crippen LogP contribution in [-0.4, -0.2) is 33.3 Å². The molecule has 5 nitrogen and oxygen atoms in total. The number of hydrogen-bond acceptors (Lipinski definition) is 4. The van der Waals surface area contributed by atoms with Crippen LogP contribution in [0, 0.1) is 5.92 Å². The van der Waals surface area contributed by atoms with Crippen LogP contribution in [0.4, 0.5) is 0 Å². The van der Waals surface area contributed by atoms with Crippen LogP contribution in [0.1, 0.15) is 32.5 Å². The van der Waals surface area contributed by atoms with Crippen LogP contribution in [0.25, 0.3) is 0 Å². The number of hydrogen-bond donors (Lipinski definition) is 1. The molecule has 0 aromatic carbocycles. The Morgan fingerprint density at radius 1 is 1.33 bits per heavy atom. The summed E-state index contributed by atoms with van der Waals surface area (Å²) < 4.78 is 0. The summed E-state index contributed by atoms with van der Waals surface area (Å²) in [4.78, 5) is 1.50. The summed E-state index contributed by atoms with van der Waals surface area (Å²) in [5, 5.41) is 15.3. The van der Waals surface area contributed by atoms with Gasteiger partial charge in [0.05, 0.1) is 7.05 Å². The Morgan fingerprint density at radius 2 is 2.07 bits per heavy atom. The highest BCUT2D eigenvalue weighted by atomic mass is 15.6. The van der Waals surface area contributed by atoms with Gasteiger partial charge in [0.15, 0.2) is 5.82 Å². The Hall–Kier alpha value is -0.970. The maximum absolute atomic E-state index is 4.18. The molecule has 0 aliphatic carbocycles. The third-order valence-corrected chi connectivity index (χ3v) is 2.48. The zero-order chi connectivity index (χ0) is 11.3. The van der Waals surface area contributed by atoms with Crippen molar-refractivity contribution in [3.05, 3.63) is 5.82 Å². The second kappa shape index (κ2) is 5.80. The van der Waals surface area contributed by atoms with E-state index in [4.69, 9.17) is 0 Å². The fraction of sp³-hybridized carbons (Fsp3) is 0.900. The monoisotopic (exact) mass is 211 g/mol. The summed E-state index contributed by atoms with van der Waals surface area (Å²) >= 11 is 0. The summed E-state index contributed by atoms with van der Waals surface area (Å²) in [5.74, 6) is 1.57. The normalized spacial score (nSPS) is 13.4. The van der Waals surface area contributed by atoms with E-state index in [1.165, 1.54) is 11.2 Å². The van der Waals surface area contributed by atoms with Crippen molar-refractivity contribution in [3.63, 3.8) is 0 Å². The fourth-order valence-electron chi connectivity index (χ4n) is 1.51. The molecule has 0 fully saturated rings. The van der Waals surface area contributed by atoms with Gasteiger partial charge in [-0.05, 0) is 31.0 Å². The Balaban J connectivity index is 2.39. The molecule has 0 saturated carbocycles. The lowest BCUT2D eigenvalue weighted by Crippen LogP contribution is -2.28. The number of rotatable bonds is 6. The quantitative estimate of drug-likeness (QED) is 0.755. The molecule has 1 N–H and O–H groups in total. The number of nitrogens with zero attached hydrogens (tertiary/aromatic N) is 4. The van der Waals surface area contributed by atoms with Crippen LogP contribution in [-0.2, 0) is 13.5 Å². The SMILES string of the molecule is CNC(CCC(C)C)Cc1nnn(C)n1. The molecule has 0 aliphatic rings. The van der Waals surface area contributed by atoms with Crippen molar-refractivity contribution < 1.29 is 0 Å². The standard InChI is InChI=1S/C10H21N5/c1-8(2)5-6-9(11-3)7-10-12-14-15(4)13-10/h8-9,11H,5-7H2,1-4H3. The van der Waals surface area contributed by atoms with Gasteiger partial charge in [0.25, 0.3) is 0 Å². The lowest BCUT2D eigenvalue weighted by Gasteiger charge is -2.15. The summed E-state index contributed by atoms with van der Waals surface area (Å²) in [6, 6.07) is 0.455. The van der Waals surface area contributed by atoms with E-state index in [0.717, 1.165) is 24.6 Å². The smallest absolute Gasteiger partial charge is 0.176 e. The van der Waals surface area contributed by atoms with Crippen molar-refractivity contribution in [2.24, 2.45) is 13.0 Å². The zero-order valence-corrected chi connectivity index (χ0v) is 10.1. The van der Waals surface area contributed by atoms with Crippen molar-refractivity contribution in [1.29, 1.82) is 0 Å². The van der Waals surface area contributed by atoms with E-state index in [0.29, 0.717) is 6.04 Å². The molecule has 1 heterocycles. The van der Waals surface area contributed by atoms with Crippen molar-refractivity contribution in [3.8, 4) is 0 Å². The van der Waals surface area contributed by atoms with Gasteiger partial charge in [-0.1, -0.05) is 13.8 Å². The van der Waals surface area contributed by atoms with Gasteiger partial charge in [-0.15, -0.1) is 10.2 Å². The van der Waals surface area contributed by atoms with Crippen molar-refractivity contribution in [2.75, 3.05) is 7.05 Å². The van der Waals surface area contributed by atoms with Crippen LogP contribution < -0.4 is 5.32 Å². The van der Waals surface area contributed by atoms with Gasteiger partial charge in [-0.3, -0.25) is 0 Å². The van der Waals surface area contributed by atoms with Gasteiger partial charge < -0.3 is 5.32 Å². The molecule has 0 amide bonds. The van der Waals surface area contributed by atoms with Crippen LogP contribution >= 0.6 is 0 Å². The van der Waals surface area contributed by atoms with Crippen molar-refractivity contribution in [1.82, 2.24) is 25.5 Å². The highest BCUT2D eigenvalue weighted by Gasteiger charge is 2.11. The summed E-state index contributed by atoms with van der Waals surface area (Å²) in [6.45, 7) is 4.49. The highest BCUT2D eigenvalue weighted by Crippen LogP contribution is 2.09. The molecule has 15 heavy (non-hydrogen) atoms. The molecule has 0 bridgehead atoms. The molecule has 5 heteroatoms. The van der Waals surface area contributed by atoms with Crippen LogP contribution in [0.15, 0.2) is 0 Å². The average Bonchev–Trinajstić information content (AvgIpc) is 2.58. The first kappa shape index (κ1) is 12.1. The highest BCUT2D eigenvalue weighted by molar-refractivity contribution is 4.84. The van der Waals surface area contributed by atoms with E-state index in [9.17, 15) is 0 Å². The minimum Gasteiger partial charge on any atom is -0.317 e. The largest absolute Gasteiger partial charge is 0.317 e. The number of likely N-dealkylation sites (N-methyl/N-ethyl adjacent to an activating group) is 1. The van der Waals surface area contributed by atoms with Gasteiger partial charge in [0, 0.05) is 12.5 Å². The summed E-state index contributed by atoms with van der Waals surface area (Å²) in [5.41, 5.74) is 0. The van der Waals surface area contributed by atoms with E-state index in [1.54, 1.807) is 7.05 Å². The second-order valence-corrected chi connectivity index (χ2v) is 4.36. The average molecular weight is 211 g/mol. The maximum Gasteiger partial charge on any atom is 0.176 e. The molecule has 1 rings (SSSR count). The molecule has 0 radical (unpaired) electrons. The second-order valence-electron chi connectivity index (χ2n) is 4.36. The molecule has 0 saturated heterocycles. The third kappa shape index (κ3) is 4.38. The van der Waals surface area contributed by atoms with E-state index in [-0.39, 0.29) is 0 Å². The van der Waals surface area contributed by atoms with E-state index in [1.807, 2.05) is 7.05 Å². The first-order chi connectivity index (χ1) is 7.11. The van der Waals surface area contributed by atoms with E-state index in [2.05, 4.69) is 34.6 Å². The number of aromatic nitrogens is 4. The topological polar surface area (TPSA) is 55.6 Å². The number of aryl methyl sites for hydroxylation is 1. The van der Waals surface area contributed by atoms with Gasteiger partial charge in [0.1, 0.15) is 0 Å². The molecule has 0 spiro atoms. The maximum atomic E-state index is 4.18. The Bertz CT molecular complexity index is 281. The molecule has 1 atom stereocenters. The zero-order valence-electron chi connectivity index (χ0n) is 10.1. The minimum atomic E-state index is 0.455.